The molecule has 4 rings (SSSR count). The number of H-pyrrole nitrogens is 1. The maximum atomic E-state index is 13.8. The summed E-state index contributed by atoms with van der Waals surface area (Å²) in [6, 6.07) is 4.17. The maximum absolute atomic E-state index is 13.8. The molecule has 0 radical (unpaired) electrons. The quantitative estimate of drug-likeness (QED) is 0.370. The van der Waals surface area contributed by atoms with E-state index in [1.807, 2.05) is 13.8 Å². The number of hydrogen-bond donors (Lipinski definition) is 3. The molecular weight excluding hydrogens is 477 g/mol. The lowest BCUT2D eigenvalue weighted by Gasteiger charge is -2.34. The number of hydrogen-bond acceptors (Lipinski definition) is 6. The van der Waals surface area contributed by atoms with Gasteiger partial charge in [-0.3, -0.25) is 24.2 Å². The number of fused-ring (bicyclic) bond motifs is 1. The topological polar surface area (TPSA) is 107 Å². The van der Waals surface area contributed by atoms with E-state index in [9.17, 15) is 18.8 Å². The number of rotatable bonds is 8. The zero-order valence-electron chi connectivity index (χ0n) is 20.9. The third-order valence-corrected chi connectivity index (χ3v) is 6.59. The molecule has 3 heterocycles. The van der Waals surface area contributed by atoms with Crippen molar-refractivity contribution in [2.75, 3.05) is 57.7 Å². The molecule has 0 unspecified atom stereocenters. The number of aryl methyl sites for hydroxylation is 1. The molecule has 1 fully saturated rings. The first kappa shape index (κ1) is 28.1. The van der Waals surface area contributed by atoms with Gasteiger partial charge >= 0.3 is 5.97 Å². The molecular formula is C27H36FN5O4. The lowest BCUT2D eigenvalue weighted by molar-refractivity contribution is -0.144. The van der Waals surface area contributed by atoms with Gasteiger partial charge in [0.1, 0.15) is 5.82 Å². The summed E-state index contributed by atoms with van der Waals surface area (Å²) in [4.78, 5) is 44.6. The first-order valence-electron chi connectivity index (χ1n) is 12.2. The van der Waals surface area contributed by atoms with Gasteiger partial charge in [0.05, 0.1) is 24.3 Å². The number of nitrogens with one attached hydrogen (secondary N) is 3. The molecule has 3 N–H and O–H groups in total. The Hall–Kier alpha value is -3.50. The van der Waals surface area contributed by atoms with Gasteiger partial charge in [-0.05, 0) is 50.6 Å². The van der Waals surface area contributed by atoms with Crippen LogP contribution in [0.15, 0.2) is 18.2 Å². The minimum absolute atomic E-state index is 0. The number of aromatic nitrogens is 1. The van der Waals surface area contributed by atoms with Gasteiger partial charge in [0.25, 0.3) is 11.8 Å². The Kier molecular flexibility index (Phi) is 9.23. The molecule has 0 saturated carbocycles. The van der Waals surface area contributed by atoms with Gasteiger partial charge in [0.2, 0.25) is 0 Å². The SMILES string of the molecule is C.CCOC(=O)CN1CCN(CCNC(=O)c2c(C)[nH]c(/C=C3\C(=O)Nc4ccc(F)cc43)c2C)CC1. The summed E-state index contributed by atoms with van der Waals surface area (Å²) < 4.78 is 18.8. The smallest absolute Gasteiger partial charge is 0.320 e. The van der Waals surface area contributed by atoms with E-state index in [0.717, 1.165) is 31.7 Å². The highest BCUT2D eigenvalue weighted by molar-refractivity contribution is 6.34. The van der Waals surface area contributed by atoms with E-state index in [-0.39, 0.29) is 25.2 Å². The molecule has 0 bridgehead atoms. The number of nitrogens with zero attached hydrogens (tertiary/aromatic N) is 2. The molecule has 0 spiro atoms. The van der Waals surface area contributed by atoms with Crippen molar-refractivity contribution >= 4 is 35.1 Å². The maximum Gasteiger partial charge on any atom is 0.320 e. The minimum atomic E-state index is -0.420. The lowest BCUT2D eigenvalue weighted by atomic mass is 10.0. The van der Waals surface area contributed by atoms with Crippen molar-refractivity contribution in [3.05, 3.63) is 52.1 Å². The number of piperazine rings is 1. The lowest BCUT2D eigenvalue weighted by Crippen LogP contribution is -2.49. The highest BCUT2D eigenvalue weighted by Crippen LogP contribution is 2.34. The molecule has 2 amide bonds. The van der Waals surface area contributed by atoms with E-state index in [4.69, 9.17) is 4.74 Å². The van der Waals surface area contributed by atoms with Crippen LogP contribution in [0.25, 0.3) is 11.6 Å². The van der Waals surface area contributed by atoms with E-state index >= 15 is 0 Å². The Morgan fingerprint density at radius 1 is 1.16 bits per heavy atom. The van der Waals surface area contributed by atoms with Gasteiger partial charge in [-0.25, -0.2) is 4.39 Å². The molecule has 2 aliphatic heterocycles. The fourth-order valence-electron chi connectivity index (χ4n) is 4.68. The Labute approximate surface area is 217 Å². The van der Waals surface area contributed by atoms with Crippen LogP contribution in [-0.4, -0.2) is 85.0 Å². The molecule has 2 aliphatic rings. The number of ether oxygens (including phenoxy) is 1. The summed E-state index contributed by atoms with van der Waals surface area (Å²) >= 11 is 0. The molecule has 1 saturated heterocycles. The predicted octanol–water partition coefficient (Wildman–Crippen LogP) is 2.81. The van der Waals surface area contributed by atoms with E-state index in [2.05, 4.69) is 25.4 Å². The standard InChI is InChI=1S/C26H32FN5O4.CH4/c1-4-36-23(33)15-32-11-9-31(10-12-32)8-7-28-26(35)24-16(2)22(29-17(24)3)14-20-19-13-18(27)5-6-21(19)30-25(20)34;/h5-6,13-14,29H,4,7-12,15H2,1-3H3,(H,28,35)(H,30,34);1H4/b20-14-;. The van der Waals surface area contributed by atoms with Crippen LogP contribution in [0.1, 0.15) is 47.2 Å². The van der Waals surface area contributed by atoms with Gasteiger partial charge in [0.15, 0.2) is 0 Å². The number of anilines is 1. The number of amides is 2. The molecule has 0 atom stereocenters. The summed E-state index contributed by atoms with van der Waals surface area (Å²) in [5.74, 6) is -1.11. The largest absolute Gasteiger partial charge is 0.465 e. The van der Waals surface area contributed by atoms with Crippen LogP contribution in [-0.2, 0) is 14.3 Å². The number of aromatic amines is 1. The Morgan fingerprint density at radius 2 is 1.86 bits per heavy atom. The molecule has 1 aromatic heterocycles. The molecule has 200 valence electrons. The summed E-state index contributed by atoms with van der Waals surface area (Å²) in [6.07, 6.45) is 1.66. The molecule has 2 aromatic rings. The third kappa shape index (κ3) is 6.44. The zero-order valence-corrected chi connectivity index (χ0v) is 20.9. The van der Waals surface area contributed by atoms with Crippen LogP contribution in [0, 0.1) is 19.7 Å². The second-order valence-corrected chi connectivity index (χ2v) is 9.04. The second-order valence-electron chi connectivity index (χ2n) is 9.04. The predicted molar refractivity (Wildman–Crippen MR) is 142 cm³/mol. The van der Waals surface area contributed by atoms with Gasteiger partial charge < -0.3 is 20.4 Å². The monoisotopic (exact) mass is 513 g/mol. The molecule has 1 aromatic carbocycles. The summed E-state index contributed by atoms with van der Waals surface area (Å²) in [6.45, 7) is 10.5. The van der Waals surface area contributed by atoms with Crippen molar-refractivity contribution in [1.29, 1.82) is 0 Å². The van der Waals surface area contributed by atoms with Crippen LogP contribution < -0.4 is 10.6 Å². The van der Waals surface area contributed by atoms with Gasteiger partial charge in [-0.1, -0.05) is 7.43 Å². The molecule has 37 heavy (non-hydrogen) atoms. The van der Waals surface area contributed by atoms with E-state index in [1.54, 1.807) is 13.0 Å². The normalized spacial score (nSPS) is 16.8. The summed E-state index contributed by atoms with van der Waals surface area (Å²) in [5, 5.41) is 5.73. The number of carbonyl (C=O) groups is 3. The first-order chi connectivity index (χ1) is 17.3. The van der Waals surface area contributed by atoms with Crippen molar-refractivity contribution < 1.29 is 23.5 Å². The fourth-order valence-corrected chi connectivity index (χ4v) is 4.68. The summed E-state index contributed by atoms with van der Waals surface area (Å²) in [7, 11) is 0. The van der Waals surface area contributed by atoms with Crippen LogP contribution in [0.3, 0.4) is 0 Å². The minimum Gasteiger partial charge on any atom is -0.465 e. The second kappa shape index (κ2) is 12.2. The van der Waals surface area contributed by atoms with Gasteiger partial charge in [-0.15, -0.1) is 0 Å². The van der Waals surface area contributed by atoms with Crippen molar-refractivity contribution in [2.45, 2.75) is 28.2 Å². The van der Waals surface area contributed by atoms with Gasteiger partial charge in [0, 0.05) is 61.9 Å². The number of carbonyl (C=O) groups excluding carboxylic acids is 3. The van der Waals surface area contributed by atoms with E-state index < -0.39 is 5.82 Å². The van der Waals surface area contributed by atoms with E-state index in [0.29, 0.717) is 60.0 Å². The molecule has 9 nitrogen and oxygen atoms in total. The molecule has 0 aliphatic carbocycles. The first-order valence-corrected chi connectivity index (χ1v) is 12.2. The number of halogens is 1. The average molecular weight is 514 g/mol. The highest BCUT2D eigenvalue weighted by atomic mass is 19.1. The number of benzene rings is 1. The van der Waals surface area contributed by atoms with Gasteiger partial charge in [-0.2, -0.15) is 0 Å². The third-order valence-electron chi connectivity index (χ3n) is 6.59. The van der Waals surface area contributed by atoms with Crippen LogP contribution >= 0.6 is 0 Å². The molecule has 10 heteroatoms. The van der Waals surface area contributed by atoms with Crippen molar-refractivity contribution in [2.24, 2.45) is 0 Å². The van der Waals surface area contributed by atoms with Crippen LogP contribution in [0.4, 0.5) is 10.1 Å². The van der Waals surface area contributed by atoms with Crippen molar-refractivity contribution in [3.8, 4) is 0 Å². The highest BCUT2D eigenvalue weighted by Gasteiger charge is 2.26. The Balaban J connectivity index is 0.00000380. The Morgan fingerprint density at radius 3 is 2.57 bits per heavy atom. The average Bonchev–Trinajstić information content (AvgIpc) is 3.29. The zero-order chi connectivity index (χ0) is 25.8. The van der Waals surface area contributed by atoms with E-state index in [1.165, 1.54) is 18.2 Å². The van der Waals surface area contributed by atoms with Crippen molar-refractivity contribution in [1.82, 2.24) is 20.1 Å². The van der Waals surface area contributed by atoms with Crippen LogP contribution in [0.5, 0.6) is 0 Å². The Bertz CT molecular complexity index is 1200. The number of esters is 1. The van der Waals surface area contributed by atoms with Crippen LogP contribution in [0.2, 0.25) is 0 Å². The fraction of sp³-hybridized carbons (Fsp3) is 0.444. The summed E-state index contributed by atoms with van der Waals surface area (Å²) in [5.41, 5.74) is 4.01. The van der Waals surface area contributed by atoms with Crippen molar-refractivity contribution in [3.63, 3.8) is 0 Å².